The molecule has 102 valence electrons. The zero-order chi connectivity index (χ0) is 14.7. The highest BCUT2D eigenvalue weighted by molar-refractivity contribution is 6.14. The Balaban J connectivity index is 2.21. The van der Waals surface area contributed by atoms with Gasteiger partial charge in [-0.2, -0.15) is 5.10 Å². The van der Waals surface area contributed by atoms with Crippen LogP contribution in [-0.2, 0) is 7.05 Å². The Labute approximate surface area is 114 Å². The molecule has 7 nitrogen and oxygen atoms in total. The lowest BCUT2D eigenvalue weighted by molar-refractivity contribution is -0.385. The first kappa shape index (κ1) is 13.6. The van der Waals surface area contributed by atoms with E-state index in [1.54, 1.807) is 13.2 Å². The average Bonchev–Trinajstić information content (AvgIpc) is 2.85. The summed E-state index contributed by atoms with van der Waals surface area (Å²) in [6.07, 6.45) is 1.14. The highest BCUT2D eigenvalue weighted by Crippen LogP contribution is 2.19. The lowest BCUT2D eigenvalue weighted by atomic mass is 10.0. The second-order valence-electron chi connectivity index (χ2n) is 4.17. The maximum atomic E-state index is 12.0. The predicted octanol–water partition coefficient (Wildman–Crippen LogP) is 1.78. The summed E-state index contributed by atoms with van der Waals surface area (Å²) in [7, 11) is 1.65. The fraction of sp³-hybridized carbons (Fsp3) is 0.154. The standard InChI is InChI=1S/C13H11N3O4/c1-15-7-6-10(14-15)13(18)8-12(17)9-4-2-3-5-11(9)16(19)20/h2-7H,8H2,1H3. The molecular formula is C13H11N3O4. The number of nitro benzene ring substituents is 1. The third kappa shape index (κ3) is 2.77. The van der Waals surface area contributed by atoms with Crippen molar-refractivity contribution >= 4 is 17.3 Å². The molecule has 0 aliphatic carbocycles. The summed E-state index contributed by atoms with van der Waals surface area (Å²) in [5.41, 5.74) is -0.201. The molecule has 2 rings (SSSR count). The maximum absolute atomic E-state index is 12.0. The van der Waals surface area contributed by atoms with Crippen LogP contribution in [0.1, 0.15) is 27.3 Å². The van der Waals surface area contributed by atoms with Crippen molar-refractivity contribution < 1.29 is 14.5 Å². The van der Waals surface area contributed by atoms with Crippen LogP contribution < -0.4 is 0 Å². The molecule has 0 atom stereocenters. The van der Waals surface area contributed by atoms with Gasteiger partial charge in [0.15, 0.2) is 11.6 Å². The van der Waals surface area contributed by atoms with Crippen LogP contribution in [0.3, 0.4) is 0 Å². The molecule has 20 heavy (non-hydrogen) atoms. The summed E-state index contributed by atoms with van der Waals surface area (Å²) >= 11 is 0. The average molecular weight is 273 g/mol. The minimum atomic E-state index is -0.640. The fourth-order valence-corrected chi connectivity index (χ4v) is 1.76. The van der Waals surface area contributed by atoms with Crippen molar-refractivity contribution in [1.82, 2.24) is 9.78 Å². The van der Waals surface area contributed by atoms with E-state index in [9.17, 15) is 19.7 Å². The van der Waals surface area contributed by atoms with E-state index < -0.39 is 22.9 Å². The molecule has 0 N–H and O–H groups in total. The SMILES string of the molecule is Cn1ccc(C(=O)CC(=O)c2ccccc2[N+](=O)[O-])n1. The molecular weight excluding hydrogens is 262 g/mol. The van der Waals surface area contributed by atoms with Gasteiger partial charge in [-0.25, -0.2) is 0 Å². The van der Waals surface area contributed by atoms with Crippen molar-refractivity contribution in [3.05, 3.63) is 57.9 Å². The van der Waals surface area contributed by atoms with Crippen LogP contribution in [0.2, 0.25) is 0 Å². The first-order valence-corrected chi connectivity index (χ1v) is 5.78. The molecule has 0 radical (unpaired) electrons. The van der Waals surface area contributed by atoms with Gasteiger partial charge in [0.05, 0.1) is 16.9 Å². The van der Waals surface area contributed by atoms with E-state index in [-0.39, 0.29) is 16.9 Å². The van der Waals surface area contributed by atoms with Crippen molar-refractivity contribution in [3.63, 3.8) is 0 Å². The smallest absolute Gasteiger partial charge is 0.280 e. The van der Waals surface area contributed by atoms with Gasteiger partial charge >= 0.3 is 0 Å². The topological polar surface area (TPSA) is 95.1 Å². The van der Waals surface area contributed by atoms with E-state index >= 15 is 0 Å². The minimum absolute atomic E-state index is 0.0678. The lowest BCUT2D eigenvalue weighted by Crippen LogP contribution is -2.11. The van der Waals surface area contributed by atoms with Crippen LogP contribution in [0.5, 0.6) is 0 Å². The molecule has 0 bridgehead atoms. The zero-order valence-corrected chi connectivity index (χ0v) is 10.6. The number of Topliss-reactive ketones (excluding diaryl/α,β-unsaturated/α-hetero) is 2. The molecule has 0 aliphatic rings. The van der Waals surface area contributed by atoms with Crippen LogP contribution >= 0.6 is 0 Å². The Kier molecular flexibility index (Phi) is 3.69. The Bertz CT molecular complexity index is 690. The summed E-state index contributed by atoms with van der Waals surface area (Å²) < 4.78 is 1.45. The molecule has 0 saturated heterocycles. The van der Waals surface area contributed by atoms with Crippen LogP contribution in [0.15, 0.2) is 36.5 Å². The van der Waals surface area contributed by atoms with E-state index in [2.05, 4.69) is 5.10 Å². The normalized spacial score (nSPS) is 10.2. The van der Waals surface area contributed by atoms with Crippen molar-refractivity contribution in [1.29, 1.82) is 0 Å². The molecule has 0 saturated carbocycles. The van der Waals surface area contributed by atoms with Crippen LogP contribution in [0.25, 0.3) is 0 Å². The predicted molar refractivity (Wildman–Crippen MR) is 69.6 cm³/mol. The highest BCUT2D eigenvalue weighted by atomic mass is 16.6. The largest absolute Gasteiger partial charge is 0.293 e. The molecule has 0 aliphatic heterocycles. The van der Waals surface area contributed by atoms with Gasteiger partial charge in [-0.3, -0.25) is 24.4 Å². The van der Waals surface area contributed by atoms with Gasteiger partial charge in [0.1, 0.15) is 5.69 Å². The molecule has 0 amide bonds. The van der Waals surface area contributed by atoms with Gasteiger partial charge in [0, 0.05) is 19.3 Å². The molecule has 0 fully saturated rings. The summed E-state index contributed by atoms with van der Waals surface area (Å²) in [4.78, 5) is 34.1. The number of hydrogen-bond acceptors (Lipinski definition) is 5. The quantitative estimate of drug-likeness (QED) is 0.358. The number of rotatable bonds is 5. The zero-order valence-electron chi connectivity index (χ0n) is 10.6. The van der Waals surface area contributed by atoms with Crippen LogP contribution in [0, 0.1) is 10.1 Å². The van der Waals surface area contributed by atoms with Crippen molar-refractivity contribution in [2.75, 3.05) is 0 Å². The van der Waals surface area contributed by atoms with Crippen molar-refractivity contribution in [2.24, 2.45) is 7.05 Å². The maximum Gasteiger partial charge on any atom is 0.280 e. The number of hydrogen-bond donors (Lipinski definition) is 0. The first-order chi connectivity index (χ1) is 9.49. The number of carbonyl (C=O) groups is 2. The van der Waals surface area contributed by atoms with E-state index in [1.807, 2.05) is 0 Å². The van der Waals surface area contributed by atoms with E-state index in [0.29, 0.717) is 0 Å². The summed E-state index contributed by atoms with van der Waals surface area (Å²) in [5.74, 6) is -1.05. The third-order valence-corrected chi connectivity index (χ3v) is 2.72. The van der Waals surface area contributed by atoms with Gasteiger partial charge in [0.2, 0.25) is 0 Å². The number of carbonyl (C=O) groups excluding carboxylic acids is 2. The highest BCUT2D eigenvalue weighted by Gasteiger charge is 2.22. The van der Waals surface area contributed by atoms with Crippen molar-refractivity contribution in [2.45, 2.75) is 6.42 Å². The van der Waals surface area contributed by atoms with Gasteiger partial charge in [0.25, 0.3) is 5.69 Å². The Morgan fingerprint density at radius 3 is 2.55 bits per heavy atom. The molecule has 1 aromatic heterocycles. The molecule has 1 heterocycles. The Hall–Kier alpha value is -2.83. The van der Waals surface area contributed by atoms with Crippen LogP contribution in [0.4, 0.5) is 5.69 Å². The Morgan fingerprint density at radius 1 is 1.25 bits per heavy atom. The number of nitro groups is 1. The number of para-hydroxylation sites is 1. The molecule has 2 aromatic rings. The van der Waals surface area contributed by atoms with Crippen molar-refractivity contribution in [3.8, 4) is 0 Å². The number of aryl methyl sites for hydroxylation is 1. The molecule has 1 aromatic carbocycles. The van der Waals surface area contributed by atoms with Gasteiger partial charge in [-0.05, 0) is 12.1 Å². The van der Waals surface area contributed by atoms with E-state index in [4.69, 9.17) is 0 Å². The van der Waals surface area contributed by atoms with Gasteiger partial charge < -0.3 is 0 Å². The molecule has 0 unspecified atom stereocenters. The van der Waals surface area contributed by atoms with Gasteiger partial charge in [-0.1, -0.05) is 12.1 Å². The van der Waals surface area contributed by atoms with E-state index in [1.165, 1.54) is 35.0 Å². The third-order valence-electron chi connectivity index (χ3n) is 2.72. The van der Waals surface area contributed by atoms with Crippen LogP contribution in [-0.4, -0.2) is 26.3 Å². The number of benzene rings is 1. The second kappa shape index (κ2) is 5.43. The lowest BCUT2D eigenvalue weighted by Gasteiger charge is -2.00. The number of aromatic nitrogens is 2. The summed E-state index contributed by atoms with van der Waals surface area (Å²) in [6.45, 7) is 0. The second-order valence-corrected chi connectivity index (χ2v) is 4.17. The first-order valence-electron chi connectivity index (χ1n) is 5.78. The summed E-state index contributed by atoms with van der Waals surface area (Å²) in [5, 5.41) is 14.7. The fourth-order valence-electron chi connectivity index (χ4n) is 1.76. The summed E-state index contributed by atoms with van der Waals surface area (Å²) in [6, 6.07) is 7.06. The minimum Gasteiger partial charge on any atom is -0.293 e. The number of nitrogens with zero attached hydrogens (tertiary/aromatic N) is 3. The van der Waals surface area contributed by atoms with E-state index in [0.717, 1.165) is 0 Å². The Morgan fingerprint density at radius 2 is 1.95 bits per heavy atom. The number of ketones is 2. The molecule has 7 heteroatoms. The van der Waals surface area contributed by atoms with Gasteiger partial charge in [-0.15, -0.1) is 0 Å². The monoisotopic (exact) mass is 273 g/mol. The molecule has 0 spiro atoms.